The van der Waals surface area contributed by atoms with Gasteiger partial charge < -0.3 is 10.2 Å². The number of sulfonamides is 1. The number of benzene rings is 1. The van der Waals surface area contributed by atoms with Crippen LogP contribution in [0.5, 0.6) is 0 Å². The molecular formula is C13H15ClN2O3S. The van der Waals surface area contributed by atoms with Crippen molar-refractivity contribution in [2.24, 2.45) is 0 Å². The van der Waals surface area contributed by atoms with Crippen molar-refractivity contribution < 1.29 is 12.8 Å². The molecular weight excluding hydrogens is 300 g/mol. The fourth-order valence-corrected chi connectivity index (χ4v) is 3.40. The van der Waals surface area contributed by atoms with Gasteiger partial charge in [-0.2, -0.15) is 4.31 Å². The highest BCUT2D eigenvalue weighted by Gasteiger charge is 2.24. The molecule has 0 aliphatic carbocycles. The maximum absolute atomic E-state index is 12.5. The Balaban J connectivity index is 2.32. The van der Waals surface area contributed by atoms with Crippen LogP contribution in [-0.2, 0) is 16.6 Å². The predicted molar refractivity (Wildman–Crippen MR) is 78.0 cm³/mol. The van der Waals surface area contributed by atoms with Crippen molar-refractivity contribution in [2.75, 3.05) is 12.8 Å². The van der Waals surface area contributed by atoms with Gasteiger partial charge in [-0.25, -0.2) is 8.42 Å². The van der Waals surface area contributed by atoms with Crippen molar-refractivity contribution in [3.05, 3.63) is 46.9 Å². The molecule has 2 rings (SSSR count). The molecule has 0 fully saturated rings. The minimum atomic E-state index is -3.72. The van der Waals surface area contributed by atoms with Crippen LogP contribution in [0.1, 0.15) is 11.5 Å². The number of aryl methyl sites for hydroxylation is 1. The standard InChI is InChI=1S/C13H15ClN2O3S/c1-9-3-5-11(19-9)8-16(2)20(17,18)13-7-10(15)4-6-12(13)14/h3-7H,8,15H2,1-2H3. The number of rotatable bonds is 4. The van der Waals surface area contributed by atoms with Gasteiger partial charge in [-0.1, -0.05) is 11.6 Å². The molecule has 1 aromatic heterocycles. The van der Waals surface area contributed by atoms with Crippen LogP contribution in [0.15, 0.2) is 39.6 Å². The van der Waals surface area contributed by atoms with Crippen molar-refractivity contribution in [3.8, 4) is 0 Å². The van der Waals surface area contributed by atoms with Crippen molar-refractivity contribution in [2.45, 2.75) is 18.4 Å². The first kappa shape index (κ1) is 14.9. The fourth-order valence-electron chi connectivity index (χ4n) is 1.76. The van der Waals surface area contributed by atoms with Crippen LogP contribution in [0.3, 0.4) is 0 Å². The summed E-state index contributed by atoms with van der Waals surface area (Å²) in [4.78, 5) is -0.00931. The Kier molecular flexibility index (Phi) is 4.08. The number of anilines is 1. The quantitative estimate of drug-likeness (QED) is 0.880. The van der Waals surface area contributed by atoms with E-state index in [1.54, 1.807) is 25.1 Å². The van der Waals surface area contributed by atoms with E-state index in [4.69, 9.17) is 21.8 Å². The molecule has 1 aromatic carbocycles. The minimum absolute atomic E-state index is 0.00931. The van der Waals surface area contributed by atoms with Crippen LogP contribution >= 0.6 is 11.6 Å². The second kappa shape index (κ2) is 5.47. The molecule has 20 heavy (non-hydrogen) atoms. The Hall–Kier alpha value is -1.50. The van der Waals surface area contributed by atoms with E-state index in [-0.39, 0.29) is 16.5 Å². The Bertz CT molecular complexity index is 725. The van der Waals surface area contributed by atoms with Gasteiger partial charge in [0.15, 0.2) is 0 Å². The Labute approximate surface area is 123 Å². The third-order valence-corrected chi connectivity index (χ3v) is 5.10. The highest BCUT2D eigenvalue weighted by molar-refractivity contribution is 7.89. The summed E-state index contributed by atoms with van der Waals surface area (Å²) in [6, 6.07) is 7.89. The number of halogens is 1. The first-order valence-corrected chi connectivity index (χ1v) is 7.69. The molecule has 0 radical (unpaired) electrons. The van der Waals surface area contributed by atoms with Crippen LogP contribution < -0.4 is 5.73 Å². The van der Waals surface area contributed by atoms with Crippen LogP contribution in [0.25, 0.3) is 0 Å². The number of hydrogen-bond donors (Lipinski definition) is 1. The van der Waals surface area contributed by atoms with Gasteiger partial charge in [0.1, 0.15) is 16.4 Å². The van der Waals surface area contributed by atoms with E-state index < -0.39 is 10.0 Å². The van der Waals surface area contributed by atoms with E-state index in [9.17, 15) is 8.42 Å². The smallest absolute Gasteiger partial charge is 0.244 e. The largest absolute Gasteiger partial charge is 0.465 e. The van der Waals surface area contributed by atoms with E-state index in [1.807, 2.05) is 0 Å². The molecule has 2 aromatic rings. The van der Waals surface area contributed by atoms with Crippen molar-refractivity contribution in [3.63, 3.8) is 0 Å². The van der Waals surface area contributed by atoms with Gasteiger partial charge in [0.2, 0.25) is 10.0 Å². The zero-order valence-corrected chi connectivity index (χ0v) is 12.7. The molecule has 0 amide bonds. The molecule has 0 atom stereocenters. The molecule has 0 unspecified atom stereocenters. The van der Waals surface area contributed by atoms with Crippen molar-refractivity contribution in [1.82, 2.24) is 4.31 Å². The van der Waals surface area contributed by atoms with Gasteiger partial charge in [0.25, 0.3) is 0 Å². The lowest BCUT2D eigenvalue weighted by molar-refractivity contribution is 0.397. The topological polar surface area (TPSA) is 76.5 Å². The van der Waals surface area contributed by atoms with Crippen LogP contribution in [0.2, 0.25) is 5.02 Å². The lowest BCUT2D eigenvalue weighted by atomic mass is 10.3. The molecule has 2 N–H and O–H groups in total. The van der Waals surface area contributed by atoms with Crippen LogP contribution in [0, 0.1) is 6.92 Å². The monoisotopic (exact) mass is 314 g/mol. The van der Waals surface area contributed by atoms with Gasteiger partial charge in [-0.3, -0.25) is 0 Å². The highest BCUT2D eigenvalue weighted by atomic mass is 35.5. The summed E-state index contributed by atoms with van der Waals surface area (Å²) in [7, 11) is -2.25. The number of furan rings is 1. The summed E-state index contributed by atoms with van der Waals surface area (Å²) in [6.07, 6.45) is 0. The average molecular weight is 315 g/mol. The maximum Gasteiger partial charge on any atom is 0.244 e. The van der Waals surface area contributed by atoms with E-state index in [0.29, 0.717) is 11.4 Å². The summed E-state index contributed by atoms with van der Waals surface area (Å²) >= 11 is 5.95. The summed E-state index contributed by atoms with van der Waals surface area (Å²) < 4.78 is 31.5. The zero-order chi connectivity index (χ0) is 14.9. The van der Waals surface area contributed by atoms with E-state index in [1.165, 1.54) is 23.5 Å². The number of nitrogens with zero attached hydrogens (tertiary/aromatic N) is 1. The van der Waals surface area contributed by atoms with Crippen molar-refractivity contribution >= 4 is 27.3 Å². The van der Waals surface area contributed by atoms with E-state index in [0.717, 1.165) is 5.76 Å². The molecule has 0 spiro atoms. The summed E-state index contributed by atoms with van der Waals surface area (Å²) in [5.74, 6) is 1.29. The lowest BCUT2D eigenvalue weighted by Crippen LogP contribution is -2.26. The van der Waals surface area contributed by atoms with Crippen LogP contribution in [0.4, 0.5) is 5.69 Å². The van der Waals surface area contributed by atoms with Gasteiger partial charge in [-0.05, 0) is 37.3 Å². The van der Waals surface area contributed by atoms with E-state index in [2.05, 4.69) is 0 Å². The van der Waals surface area contributed by atoms with Gasteiger partial charge >= 0.3 is 0 Å². The molecule has 108 valence electrons. The van der Waals surface area contributed by atoms with E-state index >= 15 is 0 Å². The molecule has 0 saturated heterocycles. The normalized spacial score (nSPS) is 12.0. The summed E-state index contributed by atoms with van der Waals surface area (Å²) in [5, 5.41) is 0.140. The molecule has 0 aliphatic heterocycles. The number of hydrogen-bond acceptors (Lipinski definition) is 4. The SMILES string of the molecule is Cc1ccc(CN(C)S(=O)(=O)c2cc(N)ccc2Cl)o1. The first-order valence-electron chi connectivity index (χ1n) is 5.87. The molecule has 0 saturated carbocycles. The third-order valence-electron chi connectivity index (χ3n) is 2.82. The van der Waals surface area contributed by atoms with Gasteiger partial charge in [0.05, 0.1) is 11.6 Å². The molecule has 5 nitrogen and oxygen atoms in total. The molecule has 7 heteroatoms. The van der Waals surface area contributed by atoms with Crippen LogP contribution in [-0.4, -0.2) is 19.8 Å². The van der Waals surface area contributed by atoms with Gasteiger partial charge in [0, 0.05) is 12.7 Å². The molecule has 0 aliphatic rings. The second-order valence-electron chi connectivity index (χ2n) is 4.46. The Morgan fingerprint density at radius 1 is 1.30 bits per heavy atom. The first-order chi connectivity index (χ1) is 9.30. The van der Waals surface area contributed by atoms with Gasteiger partial charge in [-0.15, -0.1) is 0 Å². The highest BCUT2D eigenvalue weighted by Crippen LogP contribution is 2.27. The maximum atomic E-state index is 12.5. The Morgan fingerprint density at radius 3 is 2.60 bits per heavy atom. The molecule has 0 bridgehead atoms. The molecule has 1 heterocycles. The average Bonchev–Trinajstić information content (AvgIpc) is 2.77. The summed E-state index contributed by atoms with van der Waals surface area (Å²) in [6.45, 7) is 1.92. The predicted octanol–water partition coefficient (Wildman–Crippen LogP) is 2.64. The number of nitrogen functional groups attached to an aromatic ring is 1. The Morgan fingerprint density at radius 2 is 2.00 bits per heavy atom. The minimum Gasteiger partial charge on any atom is -0.465 e. The zero-order valence-electron chi connectivity index (χ0n) is 11.1. The summed E-state index contributed by atoms with van der Waals surface area (Å²) in [5.41, 5.74) is 5.96. The second-order valence-corrected chi connectivity index (χ2v) is 6.88. The lowest BCUT2D eigenvalue weighted by Gasteiger charge is -2.17. The number of nitrogens with two attached hydrogens (primary N) is 1. The van der Waals surface area contributed by atoms with Crippen molar-refractivity contribution in [1.29, 1.82) is 0 Å². The fraction of sp³-hybridized carbons (Fsp3) is 0.231. The third kappa shape index (κ3) is 2.98.